The van der Waals surface area contributed by atoms with Gasteiger partial charge >= 0.3 is 11.9 Å². The molecule has 0 fully saturated rings. The van der Waals surface area contributed by atoms with Crippen molar-refractivity contribution in [2.45, 2.75) is 392 Å². The van der Waals surface area contributed by atoms with Crippen LogP contribution in [-0.2, 0) is 32.7 Å². The van der Waals surface area contributed by atoms with E-state index in [4.69, 9.17) is 18.5 Å². The predicted octanol–water partition coefficient (Wildman–Crippen LogP) is 29.0. The molecule has 2 unspecified atom stereocenters. The Morgan fingerprint density at radius 3 is 0.817 bits per heavy atom. The average molecular weight is 1470 g/mol. The van der Waals surface area contributed by atoms with E-state index < -0.39 is 26.5 Å². The van der Waals surface area contributed by atoms with Gasteiger partial charge in [0.15, 0.2) is 6.10 Å². The summed E-state index contributed by atoms with van der Waals surface area (Å²) in [4.78, 5) is 38.2. The third kappa shape index (κ3) is 86.8. The number of allylic oxidation sites excluding steroid dienone is 24. The molecule has 0 bridgehead atoms. The molecule has 0 spiro atoms. The highest BCUT2D eigenvalue weighted by molar-refractivity contribution is 7.45. The number of phosphoric acid groups is 1. The number of esters is 2. The molecule has 0 heterocycles. The summed E-state index contributed by atoms with van der Waals surface area (Å²) in [5, 5.41) is 0. The zero-order valence-electron chi connectivity index (χ0n) is 68.4. The number of likely N-dealkylation sites (N-methyl/N-ethyl adjacent to an activating group) is 1. The van der Waals surface area contributed by atoms with Crippen molar-refractivity contribution in [3.63, 3.8) is 0 Å². The van der Waals surface area contributed by atoms with Crippen molar-refractivity contribution in [1.29, 1.82) is 0 Å². The van der Waals surface area contributed by atoms with Gasteiger partial charge in [0.05, 0.1) is 27.7 Å². The number of nitrogens with zero attached hydrogens (tertiary/aromatic N) is 1. The Kier molecular flexibility index (Phi) is 79.7. The molecule has 0 aliphatic rings. The Bertz CT molecular complexity index is 2280. The second-order valence-electron chi connectivity index (χ2n) is 30.2. The van der Waals surface area contributed by atoms with Gasteiger partial charge in [-0.05, 0) is 122 Å². The van der Waals surface area contributed by atoms with Crippen LogP contribution in [0.3, 0.4) is 0 Å². The second kappa shape index (κ2) is 82.9. The van der Waals surface area contributed by atoms with Gasteiger partial charge in [0.2, 0.25) is 0 Å². The van der Waals surface area contributed by atoms with Crippen LogP contribution in [0.1, 0.15) is 386 Å². The van der Waals surface area contributed by atoms with Crippen LogP contribution in [0.2, 0.25) is 0 Å². The first-order valence-electron chi connectivity index (χ1n) is 43.5. The minimum Gasteiger partial charge on any atom is -0.756 e. The number of unbranched alkanes of at least 4 members (excludes halogenated alkanes) is 42. The summed E-state index contributed by atoms with van der Waals surface area (Å²) < 4.78 is 34.4. The van der Waals surface area contributed by atoms with Gasteiger partial charge in [-0.25, -0.2) is 0 Å². The highest BCUT2D eigenvalue weighted by atomic mass is 31.2. The van der Waals surface area contributed by atoms with Crippen molar-refractivity contribution in [2.24, 2.45) is 0 Å². The smallest absolute Gasteiger partial charge is 0.306 e. The Balaban J connectivity index is 3.96. The lowest BCUT2D eigenvalue weighted by Gasteiger charge is -2.28. The SMILES string of the molecule is CC/C=C\C/C=C\C/C=C\C/C=C\C/C=C\C/C=C\C/C=C\C/C=C\C/C=C\C/C=C\CCCCCCCCCCC(=O)OC(COC(=O)CCCCCCCCCCCCCCCCCCCCCCCCCCCCCCC/C=C\C/C=C\CCCCCCC)COP(=O)([O-])OCC[N+](C)(C)C. The molecule has 0 aliphatic carbocycles. The zero-order valence-corrected chi connectivity index (χ0v) is 69.3. The van der Waals surface area contributed by atoms with Gasteiger partial charge in [0, 0.05) is 12.8 Å². The van der Waals surface area contributed by atoms with Crippen LogP contribution in [0.25, 0.3) is 0 Å². The second-order valence-corrected chi connectivity index (χ2v) is 31.6. The molecule has 104 heavy (non-hydrogen) atoms. The lowest BCUT2D eigenvalue weighted by atomic mass is 10.0. The molecule has 0 aliphatic heterocycles. The number of carbonyl (C=O) groups is 2. The fourth-order valence-electron chi connectivity index (χ4n) is 12.3. The molecule has 9 nitrogen and oxygen atoms in total. The van der Waals surface area contributed by atoms with E-state index in [1.165, 1.54) is 238 Å². The third-order valence-electron chi connectivity index (χ3n) is 18.8. The van der Waals surface area contributed by atoms with Gasteiger partial charge in [-0.1, -0.05) is 397 Å². The van der Waals surface area contributed by atoms with E-state index in [-0.39, 0.29) is 32.0 Å². The first-order valence-corrected chi connectivity index (χ1v) is 45.0. The molecule has 0 saturated carbocycles. The minimum atomic E-state index is -4.66. The van der Waals surface area contributed by atoms with Gasteiger partial charge in [0.1, 0.15) is 19.8 Å². The molecule has 0 aromatic heterocycles. The molecule has 0 aromatic rings. The van der Waals surface area contributed by atoms with Crippen LogP contribution in [-0.4, -0.2) is 70.0 Å². The van der Waals surface area contributed by atoms with E-state index in [1.807, 2.05) is 21.1 Å². The van der Waals surface area contributed by atoms with Gasteiger partial charge < -0.3 is 27.9 Å². The summed E-state index contributed by atoms with van der Waals surface area (Å²) >= 11 is 0. The summed E-state index contributed by atoms with van der Waals surface area (Å²) in [6.07, 6.45) is 123. The van der Waals surface area contributed by atoms with Crippen molar-refractivity contribution in [1.82, 2.24) is 0 Å². The number of ether oxygens (including phenoxy) is 2. The summed E-state index contributed by atoms with van der Waals surface area (Å²) in [5.74, 6) is -0.835. The Hall–Kier alpha value is -4.11. The van der Waals surface area contributed by atoms with Crippen LogP contribution in [0.5, 0.6) is 0 Å². The van der Waals surface area contributed by atoms with E-state index in [2.05, 4.69) is 160 Å². The van der Waals surface area contributed by atoms with Crippen molar-refractivity contribution in [3.8, 4) is 0 Å². The molecule has 10 heteroatoms. The number of phosphoric ester groups is 1. The largest absolute Gasteiger partial charge is 0.756 e. The maximum Gasteiger partial charge on any atom is 0.306 e. The molecule has 0 saturated heterocycles. The Labute approximate surface area is 643 Å². The van der Waals surface area contributed by atoms with Gasteiger partial charge in [-0.2, -0.15) is 0 Å². The number of carbonyl (C=O) groups excluding carboxylic acids is 2. The summed E-state index contributed by atoms with van der Waals surface area (Å²) in [6, 6.07) is 0. The van der Waals surface area contributed by atoms with Crippen LogP contribution in [0, 0.1) is 0 Å². The van der Waals surface area contributed by atoms with E-state index in [9.17, 15) is 19.0 Å². The Morgan fingerprint density at radius 2 is 0.548 bits per heavy atom. The van der Waals surface area contributed by atoms with Gasteiger partial charge in [0.25, 0.3) is 7.82 Å². The normalized spacial score (nSPS) is 13.7. The fourth-order valence-corrected chi connectivity index (χ4v) is 13.0. The molecule has 0 N–H and O–H groups in total. The quantitative estimate of drug-likeness (QED) is 0.0195. The van der Waals surface area contributed by atoms with Crippen molar-refractivity contribution in [3.05, 3.63) is 146 Å². The lowest BCUT2D eigenvalue weighted by molar-refractivity contribution is -0.870. The van der Waals surface area contributed by atoms with Gasteiger partial charge in [-0.3, -0.25) is 14.2 Å². The van der Waals surface area contributed by atoms with E-state index in [1.54, 1.807) is 0 Å². The number of hydrogen-bond donors (Lipinski definition) is 0. The molecule has 0 amide bonds. The molecule has 598 valence electrons. The fraction of sp³-hybridized carbons (Fsp3) is 0.723. The number of quaternary nitrogens is 1. The highest BCUT2D eigenvalue weighted by Gasteiger charge is 2.22. The van der Waals surface area contributed by atoms with E-state index in [0.29, 0.717) is 17.4 Å². The van der Waals surface area contributed by atoms with Crippen molar-refractivity contribution < 1.29 is 42.1 Å². The van der Waals surface area contributed by atoms with Gasteiger partial charge in [-0.15, -0.1) is 0 Å². The molecular formula is C94H164NO8P. The number of rotatable bonds is 80. The molecular weight excluding hydrogens is 1300 g/mol. The first kappa shape index (κ1) is 99.9. The maximum atomic E-state index is 12.9. The van der Waals surface area contributed by atoms with Crippen LogP contribution < -0.4 is 4.89 Å². The molecule has 0 radical (unpaired) electrons. The summed E-state index contributed by atoms with van der Waals surface area (Å²) in [6.45, 7) is 4.14. The standard InChI is InChI=1S/C94H164NO8P/c1-6-8-10-12-14-16-18-20-22-24-26-28-30-32-34-36-38-40-42-44-46-47-49-50-52-54-56-58-60-62-64-66-68-70-72-74-76-78-80-82-84-86-93(96)100-90-92(91-102-104(98,99)101-89-88-95(3,4)5)103-94(97)87-85-83-81-79-77-75-73-71-69-67-65-63-61-59-57-55-53-51-48-45-43-41-39-37-35-33-31-29-27-25-23-21-19-17-15-13-11-9-7-2/h9,11,15,17-18,20-21,23-24,26-27,29,33,35,39,41,45,48,53,55,59,61,65,67,92H,6-8,10,12-14,16,19,22,25,28,30-32,34,36-38,40,42-44,46-47,49-52,54,56-58,60,62-64,66,68-91H2,1-5H3/b11-9-,17-15-,20-18-,23-21-,26-24-,29-27-,35-33-,41-39-,48-45-,55-53-,61-59-,67-65-. The van der Waals surface area contributed by atoms with E-state index >= 15 is 0 Å². The van der Waals surface area contributed by atoms with Crippen molar-refractivity contribution >= 4 is 19.8 Å². The number of hydrogen-bond acceptors (Lipinski definition) is 8. The minimum absolute atomic E-state index is 0.0371. The molecule has 2 atom stereocenters. The average Bonchev–Trinajstić information content (AvgIpc) is 0.915. The zero-order chi connectivity index (χ0) is 75.4. The Morgan fingerprint density at radius 1 is 0.308 bits per heavy atom. The van der Waals surface area contributed by atoms with Crippen molar-refractivity contribution in [2.75, 3.05) is 47.5 Å². The highest BCUT2D eigenvalue weighted by Crippen LogP contribution is 2.38. The maximum absolute atomic E-state index is 12.9. The summed E-state index contributed by atoms with van der Waals surface area (Å²) in [5.41, 5.74) is 0. The third-order valence-corrected chi connectivity index (χ3v) is 19.8. The molecule has 0 rings (SSSR count). The van der Waals surface area contributed by atoms with E-state index in [0.717, 1.165) is 116 Å². The van der Waals surface area contributed by atoms with Crippen LogP contribution >= 0.6 is 7.82 Å². The topological polar surface area (TPSA) is 111 Å². The predicted molar refractivity (Wildman–Crippen MR) is 452 cm³/mol. The lowest BCUT2D eigenvalue weighted by Crippen LogP contribution is -2.37. The van der Waals surface area contributed by atoms with Crippen LogP contribution in [0.15, 0.2) is 146 Å². The monoisotopic (exact) mass is 1470 g/mol. The van der Waals surface area contributed by atoms with Crippen LogP contribution in [0.4, 0.5) is 0 Å². The first-order chi connectivity index (χ1) is 51.0. The molecule has 0 aromatic carbocycles. The summed E-state index contributed by atoms with van der Waals surface area (Å²) in [7, 11) is 1.16.